The second-order valence-corrected chi connectivity index (χ2v) is 14.1. The SMILES string of the molecule is CCC/C=C\CCCCCCCC(=O)OC(COCCCCCCCCCC/C=C\C/C=C\CCCCC)COC1OC(CO)C(O)C(O)C1O. The van der Waals surface area contributed by atoms with Crippen LogP contribution >= 0.6 is 0 Å². The first kappa shape index (κ1) is 47.4. The van der Waals surface area contributed by atoms with E-state index in [0.29, 0.717) is 13.0 Å². The summed E-state index contributed by atoms with van der Waals surface area (Å²) < 4.78 is 22.7. The number of allylic oxidation sites excluding steroid dienone is 6. The first-order chi connectivity index (χ1) is 24.9. The first-order valence-corrected chi connectivity index (χ1v) is 20.6. The Morgan fingerprint density at radius 2 is 1.18 bits per heavy atom. The molecule has 0 aliphatic carbocycles. The number of aliphatic hydroxyl groups excluding tert-OH is 4. The summed E-state index contributed by atoms with van der Waals surface area (Å²) >= 11 is 0. The fourth-order valence-electron chi connectivity index (χ4n) is 5.99. The summed E-state index contributed by atoms with van der Waals surface area (Å²) in [5, 5.41) is 40.0. The van der Waals surface area contributed by atoms with Crippen LogP contribution in [0.4, 0.5) is 0 Å². The Morgan fingerprint density at radius 3 is 1.78 bits per heavy atom. The smallest absolute Gasteiger partial charge is 0.306 e. The molecule has 4 N–H and O–H groups in total. The number of carbonyl (C=O) groups excluding carboxylic acids is 1. The maximum atomic E-state index is 12.7. The van der Waals surface area contributed by atoms with Crippen molar-refractivity contribution in [2.75, 3.05) is 26.4 Å². The molecule has 1 aliphatic rings. The summed E-state index contributed by atoms with van der Waals surface area (Å²) in [5.41, 5.74) is 0. The van der Waals surface area contributed by atoms with E-state index in [9.17, 15) is 25.2 Å². The van der Waals surface area contributed by atoms with Crippen LogP contribution in [0.1, 0.15) is 162 Å². The van der Waals surface area contributed by atoms with Crippen molar-refractivity contribution in [1.29, 1.82) is 0 Å². The van der Waals surface area contributed by atoms with Crippen LogP contribution in [0, 0.1) is 0 Å². The van der Waals surface area contributed by atoms with Gasteiger partial charge >= 0.3 is 5.97 Å². The summed E-state index contributed by atoms with van der Waals surface area (Å²) in [6, 6.07) is 0. The summed E-state index contributed by atoms with van der Waals surface area (Å²) in [4.78, 5) is 12.7. The van der Waals surface area contributed by atoms with Crippen molar-refractivity contribution in [2.45, 2.75) is 198 Å². The summed E-state index contributed by atoms with van der Waals surface area (Å²) in [6.45, 7) is 4.44. The molecular formula is C42H76O9. The fraction of sp³-hybridized carbons (Fsp3) is 0.833. The number of unbranched alkanes of at least 4 members (excludes halogenated alkanes) is 17. The lowest BCUT2D eigenvalue weighted by Gasteiger charge is -2.39. The highest BCUT2D eigenvalue weighted by molar-refractivity contribution is 5.69. The third kappa shape index (κ3) is 25.9. The minimum atomic E-state index is -1.54. The Kier molecular flexibility index (Phi) is 31.8. The second kappa shape index (κ2) is 34.2. The molecule has 0 aromatic carbocycles. The number of esters is 1. The van der Waals surface area contributed by atoms with Gasteiger partial charge < -0.3 is 39.4 Å². The fourth-order valence-corrected chi connectivity index (χ4v) is 5.99. The third-order valence-electron chi connectivity index (χ3n) is 9.26. The zero-order valence-corrected chi connectivity index (χ0v) is 32.4. The maximum absolute atomic E-state index is 12.7. The van der Waals surface area contributed by atoms with Gasteiger partial charge in [-0.2, -0.15) is 0 Å². The van der Waals surface area contributed by atoms with Gasteiger partial charge in [0.05, 0.1) is 19.8 Å². The number of hydrogen-bond donors (Lipinski definition) is 4. The molecule has 1 heterocycles. The highest BCUT2D eigenvalue weighted by atomic mass is 16.7. The van der Waals surface area contributed by atoms with Crippen LogP contribution in [-0.4, -0.2) is 89.6 Å². The highest BCUT2D eigenvalue weighted by Gasteiger charge is 2.44. The van der Waals surface area contributed by atoms with E-state index in [4.69, 9.17) is 18.9 Å². The average molecular weight is 725 g/mol. The minimum absolute atomic E-state index is 0.119. The van der Waals surface area contributed by atoms with Crippen molar-refractivity contribution in [1.82, 2.24) is 0 Å². The quantitative estimate of drug-likeness (QED) is 0.0293. The lowest BCUT2D eigenvalue weighted by Crippen LogP contribution is -2.59. The zero-order chi connectivity index (χ0) is 37.2. The molecule has 1 saturated heterocycles. The van der Waals surface area contributed by atoms with Crippen molar-refractivity contribution in [3.63, 3.8) is 0 Å². The van der Waals surface area contributed by atoms with Gasteiger partial charge in [-0.05, 0) is 64.2 Å². The molecule has 298 valence electrons. The lowest BCUT2D eigenvalue weighted by atomic mass is 9.99. The average Bonchev–Trinajstić information content (AvgIpc) is 3.13. The molecule has 1 fully saturated rings. The molecule has 0 amide bonds. The first-order valence-electron chi connectivity index (χ1n) is 20.6. The largest absolute Gasteiger partial charge is 0.457 e. The van der Waals surface area contributed by atoms with E-state index in [1.165, 1.54) is 77.0 Å². The van der Waals surface area contributed by atoms with E-state index >= 15 is 0 Å². The normalized spacial score (nSPS) is 21.7. The van der Waals surface area contributed by atoms with Crippen LogP contribution in [0.2, 0.25) is 0 Å². The maximum Gasteiger partial charge on any atom is 0.306 e. The van der Waals surface area contributed by atoms with Crippen molar-refractivity contribution >= 4 is 5.97 Å². The molecule has 0 radical (unpaired) electrons. The van der Waals surface area contributed by atoms with Crippen LogP contribution in [0.25, 0.3) is 0 Å². The molecule has 9 nitrogen and oxygen atoms in total. The van der Waals surface area contributed by atoms with Gasteiger partial charge in [0.1, 0.15) is 30.5 Å². The molecule has 6 atom stereocenters. The molecule has 0 spiro atoms. The molecule has 1 aliphatic heterocycles. The highest BCUT2D eigenvalue weighted by Crippen LogP contribution is 2.22. The number of ether oxygens (including phenoxy) is 4. The van der Waals surface area contributed by atoms with Crippen LogP contribution in [0.5, 0.6) is 0 Å². The molecule has 9 heteroatoms. The predicted octanol–water partition coefficient (Wildman–Crippen LogP) is 8.41. The number of aliphatic hydroxyl groups is 4. The van der Waals surface area contributed by atoms with Gasteiger partial charge in [-0.1, -0.05) is 127 Å². The van der Waals surface area contributed by atoms with E-state index in [1.807, 2.05) is 0 Å². The molecule has 51 heavy (non-hydrogen) atoms. The van der Waals surface area contributed by atoms with Crippen molar-refractivity contribution in [3.05, 3.63) is 36.5 Å². The summed E-state index contributed by atoms with van der Waals surface area (Å²) in [6.07, 6.45) is 31.7. The van der Waals surface area contributed by atoms with Crippen molar-refractivity contribution in [3.8, 4) is 0 Å². The number of carbonyl (C=O) groups is 1. The van der Waals surface area contributed by atoms with Crippen molar-refractivity contribution < 1.29 is 44.2 Å². The van der Waals surface area contributed by atoms with E-state index in [0.717, 1.165) is 64.2 Å². The van der Waals surface area contributed by atoms with Crippen molar-refractivity contribution in [2.24, 2.45) is 0 Å². The summed E-state index contributed by atoms with van der Waals surface area (Å²) in [7, 11) is 0. The molecule has 0 bridgehead atoms. The molecule has 0 aromatic rings. The summed E-state index contributed by atoms with van der Waals surface area (Å²) in [5.74, 6) is -0.329. The topological polar surface area (TPSA) is 135 Å². The zero-order valence-electron chi connectivity index (χ0n) is 32.4. The minimum Gasteiger partial charge on any atom is -0.457 e. The number of hydrogen-bond acceptors (Lipinski definition) is 9. The van der Waals surface area contributed by atoms with Crippen LogP contribution in [-0.2, 0) is 23.7 Å². The molecule has 1 rings (SSSR count). The second-order valence-electron chi connectivity index (χ2n) is 14.1. The van der Waals surface area contributed by atoms with Crippen LogP contribution < -0.4 is 0 Å². The van der Waals surface area contributed by atoms with Crippen LogP contribution in [0.3, 0.4) is 0 Å². The Balaban J connectivity index is 2.28. The Bertz CT molecular complexity index is 874. The molecule has 0 saturated carbocycles. The van der Waals surface area contributed by atoms with Crippen LogP contribution in [0.15, 0.2) is 36.5 Å². The van der Waals surface area contributed by atoms with Gasteiger partial charge in [-0.3, -0.25) is 4.79 Å². The Labute approximate surface area is 310 Å². The Morgan fingerprint density at radius 1 is 0.627 bits per heavy atom. The molecular weight excluding hydrogens is 648 g/mol. The lowest BCUT2D eigenvalue weighted by molar-refractivity contribution is -0.305. The Hall–Kier alpha value is -1.59. The monoisotopic (exact) mass is 725 g/mol. The number of rotatable bonds is 34. The van der Waals surface area contributed by atoms with Gasteiger partial charge in [0.15, 0.2) is 6.29 Å². The van der Waals surface area contributed by atoms with E-state index < -0.39 is 43.4 Å². The van der Waals surface area contributed by atoms with E-state index in [2.05, 4.69) is 50.3 Å². The molecule has 0 aromatic heterocycles. The van der Waals surface area contributed by atoms with Gasteiger partial charge in [0.25, 0.3) is 0 Å². The van der Waals surface area contributed by atoms with Gasteiger partial charge in [0.2, 0.25) is 0 Å². The third-order valence-corrected chi connectivity index (χ3v) is 9.26. The van der Waals surface area contributed by atoms with Gasteiger partial charge in [-0.15, -0.1) is 0 Å². The van der Waals surface area contributed by atoms with Gasteiger partial charge in [0, 0.05) is 13.0 Å². The standard InChI is InChI=1S/C42H76O9/c1-3-5-7-9-11-13-15-16-17-18-19-20-21-22-24-26-28-30-32-48-34-36(35-49-42-41(47)40(46)39(45)37(33-43)51-42)50-38(44)31-29-27-25-23-14-12-10-8-6-4-2/h8,10-11,13,16-17,36-37,39-43,45-47H,3-7,9,12,14-15,18-35H2,1-2H3/b10-8-,13-11-,17-16-. The van der Waals surface area contributed by atoms with Gasteiger partial charge in [-0.25, -0.2) is 0 Å². The van der Waals surface area contributed by atoms with E-state index in [-0.39, 0.29) is 19.2 Å². The van der Waals surface area contributed by atoms with E-state index in [1.54, 1.807) is 0 Å². The predicted molar refractivity (Wildman–Crippen MR) is 205 cm³/mol. The molecule has 6 unspecified atom stereocenters.